The van der Waals surface area contributed by atoms with Gasteiger partial charge in [0.1, 0.15) is 6.04 Å². The Morgan fingerprint density at radius 3 is 3.28 bits per heavy atom. The Morgan fingerprint density at radius 2 is 2.61 bits per heavy atom. The molecule has 96 valence electrons. The zero-order valence-electron chi connectivity index (χ0n) is 9.72. The number of aliphatic carboxylic acids is 1. The number of hydrogen-bond acceptors (Lipinski definition) is 3. The Morgan fingerprint density at radius 1 is 1.83 bits per heavy atom. The summed E-state index contributed by atoms with van der Waals surface area (Å²) in [5.74, 6) is -0.897. The minimum atomic E-state index is -0.897. The second-order valence-corrected chi connectivity index (χ2v) is 4.38. The topological polar surface area (TPSA) is 81.2 Å². The summed E-state index contributed by atoms with van der Waals surface area (Å²) in [6.07, 6.45) is 3.60. The SMILES string of the molecule is C=CCNC(=S)N1Cc2[nH]cnc2CC1C(=O)O. The Balaban J connectivity index is 2.19. The minimum Gasteiger partial charge on any atom is -0.480 e. The van der Waals surface area contributed by atoms with Crippen molar-refractivity contribution in [3.8, 4) is 0 Å². The number of aromatic nitrogens is 2. The molecule has 0 saturated carbocycles. The number of carbonyl (C=O) groups is 1. The molecule has 7 heteroatoms. The van der Waals surface area contributed by atoms with E-state index in [1.165, 1.54) is 0 Å². The van der Waals surface area contributed by atoms with E-state index in [9.17, 15) is 9.90 Å². The Hall–Kier alpha value is -1.89. The highest BCUT2D eigenvalue weighted by molar-refractivity contribution is 7.80. The minimum absolute atomic E-state index is 0.351. The lowest BCUT2D eigenvalue weighted by atomic mass is 10.0. The molecule has 0 bridgehead atoms. The monoisotopic (exact) mass is 266 g/mol. The van der Waals surface area contributed by atoms with Gasteiger partial charge in [0.05, 0.1) is 24.3 Å². The van der Waals surface area contributed by atoms with Crippen molar-refractivity contribution in [2.24, 2.45) is 0 Å². The lowest BCUT2D eigenvalue weighted by molar-refractivity contribution is -0.142. The van der Waals surface area contributed by atoms with E-state index >= 15 is 0 Å². The highest BCUT2D eigenvalue weighted by Gasteiger charge is 2.34. The van der Waals surface area contributed by atoms with E-state index in [1.54, 1.807) is 17.3 Å². The number of imidazole rings is 1. The van der Waals surface area contributed by atoms with Crippen molar-refractivity contribution >= 4 is 23.3 Å². The van der Waals surface area contributed by atoms with Crippen LogP contribution in [0, 0.1) is 0 Å². The molecule has 0 fully saturated rings. The van der Waals surface area contributed by atoms with Gasteiger partial charge in [-0.05, 0) is 12.2 Å². The molecule has 0 saturated heterocycles. The van der Waals surface area contributed by atoms with Crippen molar-refractivity contribution < 1.29 is 9.90 Å². The molecule has 1 aliphatic heterocycles. The molecule has 1 aliphatic rings. The predicted octanol–water partition coefficient (Wildman–Crippen LogP) is 0.282. The summed E-state index contributed by atoms with van der Waals surface area (Å²) in [6, 6.07) is -0.675. The van der Waals surface area contributed by atoms with Crippen LogP contribution in [-0.2, 0) is 17.8 Å². The number of nitrogens with one attached hydrogen (secondary N) is 2. The number of aromatic amines is 1. The summed E-state index contributed by atoms with van der Waals surface area (Å²) in [4.78, 5) is 20.1. The molecular weight excluding hydrogens is 252 g/mol. The fourth-order valence-electron chi connectivity index (χ4n) is 1.93. The van der Waals surface area contributed by atoms with Gasteiger partial charge in [-0.25, -0.2) is 9.78 Å². The van der Waals surface area contributed by atoms with Crippen molar-refractivity contribution in [1.82, 2.24) is 20.2 Å². The average molecular weight is 266 g/mol. The first-order chi connectivity index (χ1) is 8.63. The maximum absolute atomic E-state index is 11.3. The van der Waals surface area contributed by atoms with Crippen LogP contribution in [0.5, 0.6) is 0 Å². The molecule has 0 amide bonds. The predicted molar refractivity (Wildman–Crippen MR) is 70.1 cm³/mol. The molecule has 1 aromatic heterocycles. The van der Waals surface area contributed by atoms with Crippen LogP contribution in [0.3, 0.4) is 0 Å². The molecule has 18 heavy (non-hydrogen) atoms. The van der Waals surface area contributed by atoms with E-state index < -0.39 is 12.0 Å². The maximum atomic E-state index is 11.3. The quantitative estimate of drug-likeness (QED) is 0.538. The van der Waals surface area contributed by atoms with Gasteiger partial charge in [0.2, 0.25) is 0 Å². The number of nitrogens with zero attached hydrogens (tertiary/aromatic N) is 2. The average Bonchev–Trinajstić information content (AvgIpc) is 2.81. The molecule has 0 spiro atoms. The second kappa shape index (κ2) is 5.18. The van der Waals surface area contributed by atoms with E-state index in [-0.39, 0.29) is 0 Å². The summed E-state index contributed by atoms with van der Waals surface area (Å²) >= 11 is 5.21. The van der Waals surface area contributed by atoms with Crippen LogP contribution in [0.15, 0.2) is 19.0 Å². The number of carboxylic acid groups (broad SMARTS) is 1. The molecule has 1 aromatic rings. The van der Waals surface area contributed by atoms with Gasteiger partial charge < -0.3 is 20.3 Å². The van der Waals surface area contributed by atoms with E-state index in [4.69, 9.17) is 12.2 Å². The third kappa shape index (κ3) is 2.35. The summed E-state index contributed by atoms with van der Waals surface area (Å²) in [6.45, 7) is 4.52. The normalized spacial score (nSPS) is 18.0. The molecular formula is C11H14N4O2S. The number of carboxylic acids is 1. The highest BCUT2D eigenvalue weighted by atomic mass is 32.1. The molecule has 0 aromatic carbocycles. The van der Waals surface area contributed by atoms with Crippen molar-refractivity contribution in [3.05, 3.63) is 30.4 Å². The first-order valence-corrected chi connectivity index (χ1v) is 5.93. The van der Waals surface area contributed by atoms with Crippen molar-refractivity contribution in [1.29, 1.82) is 0 Å². The van der Waals surface area contributed by atoms with Crippen molar-refractivity contribution in [2.45, 2.75) is 19.0 Å². The van der Waals surface area contributed by atoms with Crippen LogP contribution in [0.4, 0.5) is 0 Å². The summed E-state index contributed by atoms with van der Waals surface area (Å²) < 4.78 is 0. The standard InChI is InChI=1S/C11H14N4O2S/c1-2-3-12-11(18)15-5-8-7(13-6-14-8)4-9(15)10(16)17/h2,6,9H,1,3-5H2,(H,12,18)(H,13,14)(H,16,17). The molecule has 6 nitrogen and oxygen atoms in total. The lowest BCUT2D eigenvalue weighted by Crippen LogP contribution is -2.52. The van der Waals surface area contributed by atoms with E-state index in [0.717, 1.165) is 11.4 Å². The van der Waals surface area contributed by atoms with Crippen LogP contribution in [0.25, 0.3) is 0 Å². The van der Waals surface area contributed by atoms with Gasteiger partial charge in [-0.1, -0.05) is 6.08 Å². The van der Waals surface area contributed by atoms with E-state index in [2.05, 4.69) is 21.9 Å². The smallest absolute Gasteiger partial charge is 0.326 e. The van der Waals surface area contributed by atoms with Gasteiger partial charge >= 0.3 is 5.97 Å². The van der Waals surface area contributed by atoms with Crippen molar-refractivity contribution in [2.75, 3.05) is 6.54 Å². The zero-order valence-corrected chi connectivity index (χ0v) is 10.5. The van der Waals surface area contributed by atoms with Crippen LogP contribution in [0.2, 0.25) is 0 Å². The first-order valence-electron chi connectivity index (χ1n) is 5.52. The van der Waals surface area contributed by atoms with Crippen LogP contribution < -0.4 is 5.32 Å². The van der Waals surface area contributed by atoms with Crippen molar-refractivity contribution in [3.63, 3.8) is 0 Å². The molecule has 2 heterocycles. The van der Waals surface area contributed by atoms with Gasteiger partial charge in [0.15, 0.2) is 5.11 Å². The van der Waals surface area contributed by atoms with Gasteiger partial charge in [-0.15, -0.1) is 6.58 Å². The summed E-state index contributed by atoms with van der Waals surface area (Å²) in [5, 5.41) is 12.6. The number of thiocarbonyl (C=S) groups is 1. The summed E-state index contributed by atoms with van der Waals surface area (Å²) in [5.41, 5.74) is 1.71. The molecule has 1 atom stereocenters. The number of fused-ring (bicyclic) bond motifs is 1. The van der Waals surface area contributed by atoms with Crippen LogP contribution >= 0.6 is 12.2 Å². The first kappa shape index (κ1) is 12.6. The van der Waals surface area contributed by atoms with Gasteiger partial charge in [-0.3, -0.25) is 0 Å². The summed E-state index contributed by atoms with van der Waals surface area (Å²) in [7, 11) is 0. The van der Waals surface area contributed by atoms with Crippen LogP contribution in [-0.4, -0.2) is 43.6 Å². The Labute approximate surface area is 110 Å². The third-order valence-electron chi connectivity index (χ3n) is 2.84. The number of hydrogen-bond donors (Lipinski definition) is 3. The fraction of sp³-hybridized carbons (Fsp3) is 0.364. The maximum Gasteiger partial charge on any atom is 0.326 e. The molecule has 3 N–H and O–H groups in total. The lowest BCUT2D eigenvalue weighted by Gasteiger charge is -2.34. The molecule has 1 unspecified atom stereocenters. The molecule has 2 rings (SSSR count). The number of H-pyrrole nitrogens is 1. The zero-order chi connectivity index (χ0) is 13.1. The third-order valence-corrected chi connectivity index (χ3v) is 3.22. The number of rotatable bonds is 3. The Bertz CT molecular complexity index is 485. The molecule has 0 radical (unpaired) electrons. The van der Waals surface area contributed by atoms with Gasteiger partial charge in [0.25, 0.3) is 0 Å². The van der Waals surface area contributed by atoms with E-state index in [0.29, 0.717) is 24.6 Å². The van der Waals surface area contributed by atoms with Gasteiger partial charge in [0, 0.05) is 13.0 Å². The van der Waals surface area contributed by atoms with Crippen LogP contribution in [0.1, 0.15) is 11.4 Å². The largest absolute Gasteiger partial charge is 0.480 e. The molecule has 0 aliphatic carbocycles. The highest BCUT2D eigenvalue weighted by Crippen LogP contribution is 2.20. The Kier molecular flexibility index (Phi) is 3.61. The van der Waals surface area contributed by atoms with E-state index in [1.807, 2.05) is 0 Å². The second-order valence-electron chi connectivity index (χ2n) is 3.99. The fourth-order valence-corrected chi connectivity index (χ4v) is 2.21. The van der Waals surface area contributed by atoms with Gasteiger partial charge in [-0.2, -0.15) is 0 Å².